The molecule has 1 N–H and O–H groups in total. The number of rotatable bonds is 1. The Morgan fingerprint density at radius 2 is 2.07 bits per heavy atom. The number of benzene rings is 1. The molecule has 2 aromatic rings. The molecule has 0 aliphatic carbocycles. The summed E-state index contributed by atoms with van der Waals surface area (Å²) in [5, 5.41) is 9.83. The van der Waals surface area contributed by atoms with Crippen LogP contribution >= 0.6 is 56.5 Å². The molecule has 2 nitrogen and oxygen atoms in total. The Hall–Kier alpha value is 0.110. The van der Waals surface area contributed by atoms with Gasteiger partial charge in [0.05, 0.1) is 8.45 Å². The van der Waals surface area contributed by atoms with Gasteiger partial charge in [0.1, 0.15) is 0 Å². The van der Waals surface area contributed by atoms with Crippen molar-refractivity contribution in [2.75, 3.05) is 0 Å². The van der Waals surface area contributed by atoms with Gasteiger partial charge in [0.15, 0.2) is 0 Å². The molecule has 0 bridgehead atoms. The van der Waals surface area contributed by atoms with Crippen molar-refractivity contribution in [2.45, 2.75) is 0 Å². The van der Waals surface area contributed by atoms with Crippen molar-refractivity contribution < 1.29 is 9.90 Å². The molecule has 1 aromatic carbocycles. The molecule has 72 valence electrons. The van der Waals surface area contributed by atoms with Gasteiger partial charge >= 0.3 is 5.97 Å². The van der Waals surface area contributed by atoms with Crippen LogP contribution in [0.4, 0.5) is 0 Å². The summed E-state index contributed by atoms with van der Waals surface area (Å²) in [6.45, 7) is 0. The summed E-state index contributed by atoms with van der Waals surface area (Å²) in [6, 6.07) is 5.43. The van der Waals surface area contributed by atoms with E-state index in [0.29, 0.717) is 5.56 Å². The van der Waals surface area contributed by atoms with Gasteiger partial charge < -0.3 is 5.11 Å². The highest BCUT2D eigenvalue weighted by molar-refractivity contribution is 14.1. The van der Waals surface area contributed by atoms with Crippen molar-refractivity contribution >= 4 is 72.6 Å². The minimum atomic E-state index is -0.861. The van der Waals surface area contributed by atoms with E-state index in [1.807, 2.05) is 12.1 Å². The number of aromatic carboxylic acids is 1. The van der Waals surface area contributed by atoms with E-state index >= 15 is 0 Å². The third-order valence-electron chi connectivity index (χ3n) is 1.84. The van der Waals surface area contributed by atoms with E-state index in [-0.39, 0.29) is 0 Å². The van der Waals surface area contributed by atoms with Gasteiger partial charge in [-0.1, -0.05) is 0 Å². The molecule has 0 aliphatic rings. The van der Waals surface area contributed by atoms with Crippen LogP contribution in [0.1, 0.15) is 10.4 Å². The Kier molecular flexibility index (Phi) is 2.98. The van der Waals surface area contributed by atoms with Gasteiger partial charge in [0.2, 0.25) is 0 Å². The predicted octanol–water partition coefficient (Wildman–Crippen LogP) is 3.81. The maximum atomic E-state index is 10.9. The summed E-state index contributed by atoms with van der Waals surface area (Å²) in [5.74, 6) is -0.861. The Bertz CT molecular complexity index is 519. The van der Waals surface area contributed by atoms with E-state index in [4.69, 9.17) is 5.11 Å². The van der Waals surface area contributed by atoms with Crippen molar-refractivity contribution in [3.05, 3.63) is 30.2 Å². The second-order valence-corrected chi connectivity index (χ2v) is 6.80. The van der Waals surface area contributed by atoms with Gasteiger partial charge in [-0.25, -0.2) is 4.79 Å². The molecule has 5 heteroatoms. The normalized spacial score (nSPS) is 10.7. The van der Waals surface area contributed by atoms with Crippen molar-refractivity contribution in [1.82, 2.24) is 0 Å². The Labute approximate surface area is 112 Å². The molecule has 0 spiro atoms. The lowest BCUT2D eigenvalue weighted by molar-refractivity contribution is 0.0699. The molecule has 2 rings (SSSR count). The van der Waals surface area contributed by atoms with Crippen LogP contribution in [0.5, 0.6) is 0 Å². The lowest BCUT2D eigenvalue weighted by Crippen LogP contribution is -1.96. The molecule has 0 atom stereocenters. The third kappa shape index (κ3) is 1.76. The number of carboxylic acids is 1. The number of hydrogen-bond donors (Lipinski definition) is 1. The van der Waals surface area contributed by atoms with Crippen LogP contribution in [-0.4, -0.2) is 11.1 Å². The zero-order chi connectivity index (χ0) is 10.3. The molecular weight excluding hydrogens is 426 g/mol. The zero-order valence-electron chi connectivity index (χ0n) is 6.75. The molecule has 14 heavy (non-hydrogen) atoms. The summed E-state index contributed by atoms with van der Waals surface area (Å²) in [5.41, 5.74) is 0.389. The second kappa shape index (κ2) is 3.93. The van der Waals surface area contributed by atoms with Gasteiger partial charge in [-0.3, -0.25) is 0 Å². The van der Waals surface area contributed by atoms with E-state index < -0.39 is 5.97 Å². The molecule has 0 amide bonds. The van der Waals surface area contributed by atoms with E-state index in [0.717, 1.165) is 16.5 Å². The van der Waals surface area contributed by atoms with Crippen molar-refractivity contribution in [2.24, 2.45) is 0 Å². The average Bonchev–Trinajstić information content (AvgIpc) is 2.47. The van der Waals surface area contributed by atoms with E-state index in [9.17, 15) is 4.79 Å². The minimum absolute atomic E-state index is 0.389. The first kappa shape index (κ1) is 10.6. The fourth-order valence-corrected chi connectivity index (χ4v) is 3.84. The molecule has 0 saturated carbocycles. The molecular formula is C9H4I2O2S. The largest absolute Gasteiger partial charge is 0.478 e. The fraction of sp³-hybridized carbons (Fsp3) is 0. The zero-order valence-corrected chi connectivity index (χ0v) is 11.9. The summed E-state index contributed by atoms with van der Waals surface area (Å²) in [6.07, 6.45) is 0. The third-order valence-corrected chi connectivity index (χ3v) is 5.03. The number of fused-ring (bicyclic) bond motifs is 1. The monoisotopic (exact) mass is 430 g/mol. The highest BCUT2D eigenvalue weighted by Gasteiger charge is 2.12. The molecule has 0 radical (unpaired) electrons. The van der Waals surface area contributed by atoms with Crippen molar-refractivity contribution in [1.29, 1.82) is 0 Å². The van der Waals surface area contributed by atoms with Crippen molar-refractivity contribution in [3.63, 3.8) is 0 Å². The molecule has 0 aliphatic heterocycles. The van der Waals surface area contributed by atoms with Crippen LogP contribution in [0.3, 0.4) is 0 Å². The summed E-state index contributed by atoms with van der Waals surface area (Å²) < 4.78 is 3.29. The molecule has 1 aromatic heterocycles. The highest BCUT2D eigenvalue weighted by Crippen LogP contribution is 2.32. The first-order valence-electron chi connectivity index (χ1n) is 3.70. The van der Waals surface area contributed by atoms with Crippen LogP contribution in [0.2, 0.25) is 0 Å². The fourth-order valence-electron chi connectivity index (χ4n) is 1.25. The van der Waals surface area contributed by atoms with Crippen LogP contribution < -0.4 is 0 Å². The van der Waals surface area contributed by atoms with Gasteiger partial charge in [0, 0.05) is 13.7 Å². The number of carboxylic acid groups (broad SMARTS) is 1. The first-order chi connectivity index (χ1) is 6.59. The maximum absolute atomic E-state index is 10.9. The van der Waals surface area contributed by atoms with Crippen LogP contribution in [-0.2, 0) is 0 Å². The van der Waals surface area contributed by atoms with Crippen LogP contribution in [0, 0.1) is 6.45 Å². The van der Waals surface area contributed by atoms with Gasteiger partial charge in [-0.05, 0) is 63.4 Å². The lowest BCUT2D eigenvalue weighted by Gasteiger charge is -1.98. The Morgan fingerprint density at radius 3 is 2.71 bits per heavy atom. The maximum Gasteiger partial charge on any atom is 0.336 e. The van der Waals surface area contributed by atoms with Gasteiger partial charge in [-0.15, -0.1) is 11.3 Å². The van der Waals surface area contributed by atoms with E-state index in [1.165, 1.54) is 0 Å². The molecule has 0 saturated heterocycles. The van der Waals surface area contributed by atoms with Crippen molar-refractivity contribution in [3.8, 4) is 0 Å². The molecule has 0 unspecified atom stereocenters. The van der Waals surface area contributed by atoms with E-state index in [2.05, 4.69) is 45.2 Å². The van der Waals surface area contributed by atoms with Gasteiger partial charge in [0.25, 0.3) is 0 Å². The standard InChI is InChI=1S/C9H4I2O2S/c10-6-2-1-4(9(12)13)5-3-7(11)14-8(5)6/h1-3H,(H,12,13). The van der Waals surface area contributed by atoms with Gasteiger partial charge in [-0.2, -0.15) is 0 Å². The van der Waals surface area contributed by atoms with Crippen LogP contribution in [0.15, 0.2) is 18.2 Å². The first-order valence-corrected chi connectivity index (χ1v) is 6.68. The Balaban J connectivity index is 2.87. The SMILES string of the molecule is O=C(O)c1ccc(I)c2sc(I)cc12. The quantitative estimate of drug-likeness (QED) is 0.700. The minimum Gasteiger partial charge on any atom is -0.478 e. The molecule has 0 fully saturated rings. The van der Waals surface area contributed by atoms with E-state index in [1.54, 1.807) is 17.4 Å². The number of hydrogen-bond acceptors (Lipinski definition) is 2. The number of carbonyl (C=O) groups is 1. The van der Waals surface area contributed by atoms with Crippen LogP contribution in [0.25, 0.3) is 10.1 Å². The summed E-state index contributed by atoms with van der Waals surface area (Å²) in [4.78, 5) is 10.9. The summed E-state index contributed by atoms with van der Waals surface area (Å²) in [7, 11) is 0. The summed E-state index contributed by atoms with van der Waals surface area (Å²) >= 11 is 6.06. The predicted molar refractivity (Wildman–Crippen MR) is 74.2 cm³/mol. The lowest BCUT2D eigenvalue weighted by atomic mass is 10.1. The number of thiophene rings is 1. The molecule has 1 heterocycles. The smallest absolute Gasteiger partial charge is 0.336 e. The Morgan fingerprint density at radius 1 is 1.36 bits per heavy atom. The second-order valence-electron chi connectivity index (χ2n) is 2.69. The highest BCUT2D eigenvalue weighted by atomic mass is 127. The topological polar surface area (TPSA) is 37.3 Å². The number of halogens is 2. The average molecular weight is 430 g/mol.